The van der Waals surface area contributed by atoms with Gasteiger partial charge in [0, 0.05) is 28.7 Å². The van der Waals surface area contributed by atoms with E-state index in [9.17, 15) is 9.59 Å². The van der Waals surface area contributed by atoms with Gasteiger partial charge in [0.15, 0.2) is 18.1 Å². The Hall–Kier alpha value is -4.70. The van der Waals surface area contributed by atoms with Crippen LogP contribution in [-0.2, 0) is 11.5 Å². The van der Waals surface area contributed by atoms with Gasteiger partial charge in [-0.2, -0.15) is 10.2 Å². The first-order valence-corrected chi connectivity index (χ1v) is 11.7. The van der Waals surface area contributed by atoms with E-state index in [1.54, 1.807) is 72.4 Å². The predicted octanol–water partition coefficient (Wildman–Crippen LogP) is 4.71. The maximum absolute atomic E-state index is 12.8. The molecule has 3 heterocycles. The summed E-state index contributed by atoms with van der Waals surface area (Å²) in [5.41, 5.74) is 2.94. The number of ether oxygens (including phenoxy) is 2. The van der Waals surface area contributed by atoms with Crippen LogP contribution >= 0.6 is 11.6 Å². The van der Waals surface area contributed by atoms with E-state index in [-0.39, 0.29) is 30.5 Å². The third-order valence-corrected chi connectivity index (χ3v) is 5.62. The van der Waals surface area contributed by atoms with Gasteiger partial charge in [-0.1, -0.05) is 23.7 Å². The molecule has 0 unspecified atom stereocenters. The highest BCUT2D eigenvalue weighted by Crippen LogP contribution is 2.24. The Morgan fingerprint density at radius 1 is 1.08 bits per heavy atom. The van der Waals surface area contributed by atoms with E-state index >= 15 is 0 Å². The molecule has 0 fully saturated rings. The normalized spacial score (nSPS) is 10.9. The maximum Gasteiger partial charge on any atom is 0.343 e. The van der Waals surface area contributed by atoms with E-state index in [0.717, 1.165) is 5.56 Å². The summed E-state index contributed by atoms with van der Waals surface area (Å²) in [7, 11) is 0. The van der Waals surface area contributed by atoms with Crippen LogP contribution in [0.1, 0.15) is 27.8 Å². The van der Waals surface area contributed by atoms with E-state index < -0.39 is 5.97 Å². The quantitative estimate of drug-likeness (QED) is 0.297. The number of benzene rings is 2. The Kier molecular flexibility index (Phi) is 6.82. The van der Waals surface area contributed by atoms with E-state index in [0.29, 0.717) is 27.8 Å². The lowest BCUT2D eigenvalue weighted by atomic mass is 10.1. The Bertz CT molecular complexity index is 1580. The molecule has 37 heavy (non-hydrogen) atoms. The summed E-state index contributed by atoms with van der Waals surface area (Å²) in [4.78, 5) is 29.3. The molecule has 1 N–H and O–H groups in total. The first-order valence-electron chi connectivity index (χ1n) is 11.4. The van der Waals surface area contributed by atoms with Crippen LogP contribution in [-0.4, -0.2) is 42.9 Å². The molecule has 1 amide bonds. The van der Waals surface area contributed by atoms with Gasteiger partial charge in [0.2, 0.25) is 0 Å². The largest absolute Gasteiger partial charge is 0.471 e. The third kappa shape index (κ3) is 5.29. The number of aromatic nitrogens is 5. The number of nitrogens with zero attached hydrogens (tertiary/aromatic N) is 5. The van der Waals surface area contributed by atoms with Crippen molar-refractivity contribution in [1.29, 1.82) is 0 Å². The van der Waals surface area contributed by atoms with Crippen LogP contribution in [0.4, 0.5) is 5.69 Å². The monoisotopic (exact) mass is 516 g/mol. The number of hydrogen-bond acceptors (Lipinski definition) is 7. The van der Waals surface area contributed by atoms with Gasteiger partial charge in [0.1, 0.15) is 11.3 Å². The number of fused-ring (bicyclic) bond motifs is 1. The van der Waals surface area contributed by atoms with Crippen molar-refractivity contribution in [2.75, 3.05) is 11.9 Å². The molecule has 2 aromatic carbocycles. The van der Waals surface area contributed by atoms with Crippen LogP contribution < -0.4 is 10.1 Å². The van der Waals surface area contributed by atoms with Crippen LogP contribution in [0.15, 0.2) is 79.3 Å². The summed E-state index contributed by atoms with van der Waals surface area (Å²) in [5, 5.41) is 12.1. The smallest absolute Gasteiger partial charge is 0.343 e. The fourth-order valence-corrected chi connectivity index (χ4v) is 3.77. The van der Waals surface area contributed by atoms with Gasteiger partial charge in [0.05, 0.1) is 18.5 Å². The molecule has 0 aliphatic heterocycles. The van der Waals surface area contributed by atoms with Gasteiger partial charge in [0.25, 0.3) is 5.91 Å². The topological polar surface area (TPSA) is 113 Å². The highest BCUT2D eigenvalue weighted by molar-refractivity contribution is 6.30. The van der Waals surface area contributed by atoms with Crippen molar-refractivity contribution < 1.29 is 19.1 Å². The SMILES string of the molecule is CCOC(=O)c1cnn2c(-c3cccc(NC(=O)c4ccn(COc5ccc(Cl)cc5)n4)c3)ccnc12. The van der Waals surface area contributed by atoms with E-state index in [1.807, 2.05) is 12.1 Å². The summed E-state index contributed by atoms with van der Waals surface area (Å²) in [6, 6.07) is 17.6. The van der Waals surface area contributed by atoms with Crippen molar-refractivity contribution in [2.45, 2.75) is 13.7 Å². The Balaban J connectivity index is 1.30. The standard InChI is InChI=1S/C26H21ClN6O4/c1-2-36-26(35)21-15-29-33-23(10-12-28-24(21)33)17-4-3-5-19(14-17)30-25(34)22-11-13-32(31-22)16-37-20-8-6-18(27)7-9-20/h3-15H,2,16H2,1H3,(H,30,34). The summed E-state index contributed by atoms with van der Waals surface area (Å²) >= 11 is 5.89. The summed E-state index contributed by atoms with van der Waals surface area (Å²) < 4.78 is 13.8. The zero-order valence-electron chi connectivity index (χ0n) is 19.7. The number of carbonyl (C=O) groups is 2. The molecule has 10 nitrogen and oxygen atoms in total. The molecular weight excluding hydrogens is 496 g/mol. The lowest BCUT2D eigenvalue weighted by Crippen LogP contribution is -2.14. The number of carbonyl (C=O) groups excluding carboxylic acids is 2. The highest BCUT2D eigenvalue weighted by Gasteiger charge is 2.17. The minimum atomic E-state index is -0.485. The fourth-order valence-electron chi connectivity index (χ4n) is 3.64. The zero-order chi connectivity index (χ0) is 25.8. The molecule has 0 aliphatic rings. The minimum Gasteiger partial charge on any atom is -0.471 e. The fraction of sp³-hybridized carbons (Fsp3) is 0.115. The first kappa shape index (κ1) is 24.0. The number of rotatable bonds is 8. The summed E-state index contributed by atoms with van der Waals surface area (Å²) in [6.45, 7) is 2.13. The van der Waals surface area contributed by atoms with Crippen molar-refractivity contribution in [2.24, 2.45) is 0 Å². The maximum atomic E-state index is 12.8. The van der Waals surface area contributed by atoms with Crippen molar-refractivity contribution in [3.05, 3.63) is 95.5 Å². The molecule has 0 saturated carbocycles. The summed E-state index contributed by atoms with van der Waals surface area (Å²) in [6.07, 6.45) is 4.69. The number of anilines is 1. The average molecular weight is 517 g/mol. The molecule has 11 heteroatoms. The Labute approximate surface area is 216 Å². The molecule has 0 saturated heterocycles. The lowest BCUT2D eigenvalue weighted by Gasteiger charge is -2.09. The minimum absolute atomic E-state index is 0.139. The third-order valence-electron chi connectivity index (χ3n) is 5.36. The molecular formula is C26H21ClN6O4. The van der Waals surface area contributed by atoms with Crippen molar-refractivity contribution >= 4 is 34.8 Å². The molecule has 5 rings (SSSR count). The van der Waals surface area contributed by atoms with E-state index in [2.05, 4.69) is 20.5 Å². The van der Waals surface area contributed by atoms with E-state index in [4.69, 9.17) is 21.1 Å². The number of esters is 1. The predicted molar refractivity (Wildman–Crippen MR) is 137 cm³/mol. The van der Waals surface area contributed by atoms with Crippen LogP contribution in [0.3, 0.4) is 0 Å². The van der Waals surface area contributed by atoms with Gasteiger partial charge in [-0.15, -0.1) is 0 Å². The second-order valence-electron chi connectivity index (χ2n) is 7.85. The average Bonchev–Trinajstić information content (AvgIpc) is 3.56. The molecule has 0 aliphatic carbocycles. The van der Waals surface area contributed by atoms with Crippen molar-refractivity contribution in [3.63, 3.8) is 0 Å². The van der Waals surface area contributed by atoms with Gasteiger partial charge < -0.3 is 14.8 Å². The van der Waals surface area contributed by atoms with Gasteiger partial charge in [-0.05, 0) is 55.5 Å². The molecule has 5 aromatic rings. The molecule has 0 spiro atoms. The van der Waals surface area contributed by atoms with E-state index in [1.165, 1.54) is 10.9 Å². The molecule has 0 radical (unpaired) electrons. The van der Waals surface area contributed by atoms with Crippen LogP contribution in [0.25, 0.3) is 16.9 Å². The molecule has 0 atom stereocenters. The second-order valence-corrected chi connectivity index (χ2v) is 8.28. The zero-order valence-corrected chi connectivity index (χ0v) is 20.4. The lowest BCUT2D eigenvalue weighted by molar-refractivity contribution is 0.0528. The first-order chi connectivity index (χ1) is 18.0. The number of halogens is 1. The van der Waals surface area contributed by atoms with Crippen LogP contribution in [0, 0.1) is 0 Å². The van der Waals surface area contributed by atoms with Gasteiger partial charge in [-0.25, -0.2) is 19.0 Å². The van der Waals surface area contributed by atoms with Gasteiger partial charge >= 0.3 is 5.97 Å². The number of amides is 1. The second kappa shape index (κ2) is 10.5. The number of hydrogen-bond donors (Lipinski definition) is 1. The molecule has 0 bridgehead atoms. The Morgan fingerprint density at radius 2 is 1.92 bits per heavy atom. The molecule has 186 valence electrons. The van der Waals surface area contributed by atoms with Crippen molar-refractivity contribution in [3.8, 4) is 17.0 Å². The van der Waals surface area contributed by atoms with Gasteiger partial charge in [-0.3, -0.25) is 4.79 Å². The van der Waals surface area contributed by atoms with Crippen LogP contribution in [0.5, 0.6) is 5.75 Å². The number of nitrogens with one attached hydrogen (secondary N) is 1. The summed E-state index contributed by atoms with van der Waals surface area (Å²) in [5.74, 6) is -0.216. The highest BCUT2D eigenvalue weighted by atomic mass is 35.5. The molecule has 3 aromatic heterocycles. The van der Waals surface area contributed by atoms with Crippen LogP contribution in [0.2, 0.25) is 5.02 Å². The van der Waals surface area contributed by atoms with Crippen molar-refractivity contribution in [1.82, 2.24) is 24.4 Å². The Morgan fingerprint density at radius 3 is 2.73 bits per heavy atom.